The summed E-state index contributed by atoms with van der Waals surface area (Å²) in [5, 5.41) is 2.53. The number of nitrogens with one attached hydrogen (secondary N) is 1. The average molecular weight is 509 g/mol. The van der Waals surface area contributed by atoms with Crippen molar-refractivity contribution in [2.45, 2.75) is 0 Å². The number of fused-ring (bicyclic) bond motifs is 1. The molecule has 34 heavy (non-hydrogen) atoms. The van der Waals surface area contributed by atoms with Gasteiger partial charge in [0.2, 0.25) is 5.88 Å². The van der Waals surface area contributed by atoms with Gasteiger partial charge in [-0.25, -0.2) is 27.3 Å². The fourth-order valence-corrected chi connectivity index (χ4v) is 4.03. The molecule has 0 saturated carbocycles. The summed E-state index contributed by atoms with van der Waals surface area (Å²) in [5.41, 5.74) is -0.908. The van der Waals surface area contributed by atoms with Crippen LogP contribution in [0.5, 0.6) is 5.88 Å². The zero-order chi connectivity index (χ0) is 24.6. The fourth-order valence-electron chi connectivity index (χ4n) is 3.27. The van der Waals surface area contributed by atoms with E-state index in [-0.39, 0.29) is 28.0 Å². The van der Waals surface area contributed by atoms with Crippen molar-refractivity contribution >= 4 is 45.7 Å². The molecule has 0 bridgehead atoms. The fraction of sp³-hybridized carbons (Fsp3) is 0.100. The zero-order valence-corrected chi connectivity index (χ0v) is 19.1. The van der Waals surface area contributed by atoms with E-state index in [1.54, 1.807) is 0 Å². The number of nitrogens with zero attached hydrogens (tertiary/aromatic N) is 5. The topological polar surface area (TPSA) is 122 Å². The lowest BCUT2D eigenvalue weighted by atomic mass is 10.1. The van der Waals surface area contributed by atoms with E-state index < -0.39 is 40.1 Å². The second-order valence-corrected chi connectivity index (χ2v) is 7.96. The van der Waals surface area contributed by atoms with E-state index >= 15 is 4.39 Å². The first kappa shape index (κ1) is 23.5. The van der Waals surface area contributed by atoms with Crippen LogP contribution in [0.4, 0.5) is 20.2 Å². The van der Waals surface area contributed by atoms with Crippen LogP contribution in [0.1, 0.15) is 10.5 Å². The highest BCUT2D eigenvalue weighted by atomic mass is 35.5. The Morgan fingerprint density at radius 3 is 2.68 bits per heavy atom. The summed E-state index contributed by atoms with van der Waals surface area (Å²) in [6.45, 7) is 0. The largest absolute Gasteiger partial charge is 0.479 e. The first-order valence-electron chi connectivity index (χ1n) is 9.40. The number of imidazole rings is 1. The molecule has 1 aromatic carbocycles. The third-order valence-corrected chi connectivity index (χ3v) is 5.69. The van der Waals surface area contributed by atoms with Crippen LogP contribution < -0.4 is 14.4 Å². The molecule has 0 aliphatic carbocycles. The highest BCUT2D eigenvalue weighted by Gasteiger charge is 2.28. The van der Waals surface area contributed by atoms with Gasteiger partial charge in [0.25, 0.3) is 17.2 Å². The van der Waals surface area contributed by atoms with Gasteiger partial charge in [-0.2, -0.15) is 0 Å². The Kier molecular flexibility index (Phi) is 6.41. The Labute approximate surface area is 198 Å². The molecular formula is C20H15ClF2N6O4S. The van der Waals surface area contributed by atoms with Crippen molar-refractivity contribution in [3.8, 4) is 17.1 Å². The van der Waals surface area contributed by atoms with Crippen LogP contribution in [0, 0.1) is 11.6 Å². The number of hydrogen-bond acceptors (Lipinski definition) is 6. The summed E-state index contributed by atoms with van der Waals surface area (Å²) in [4.78, 5) is 23.9. The zero-order valence-electron chi connectivity index (χ0n) is 17.5. The van der Waals surface area contributed by atoms with Gasteiger partial charge in [-0.05, 0) is 18.2 Å². The second kappa shape index (κ2) is 9.29. The normalized spacial score (nSPS) is 11.9. The van der Waals surface area contributed by atoms with Crippen LogP contribution >= 0.6 is 11.6 Å². The summed E-state index contributed by atoms with van der Waals surface area (Å²) in [6, 6.07) is 3.16. The molecule has 0 radical (unpaired) electrons. The van der Waals surface area contributed by atoms with E-state index in [0.717, 1.165) is 12.1 Å². The minimum absolute atomic E-state index is 0.0821. The van der Waals surface area contributed by atoms with Crippen molar-refractivity contribution < 1.29 is 27.1 Å². The van der Waals surface area contributed by atoms with Crippen molar-refractivity contribution in [3.63, 3.8) is 0 Å². The molecule has 4 aromatic rings. The van der Waals surface area contributed by atoms with Gasteiger partial charge in [-0.1, -0.05) is 11.6 Å². The van der Waals surface area contributed by atoms with E-state index in [0.29, 0.717) is 9.82 Å². The van der Waals surface area contributed by atoms with Crippen molar-refractivity contribution in [2.75, 3.05) is 18.5 Å². The lowest BCUT2D eigenvalue weighted by molar-refractivity contribution is 0.0960. The number of carbonyl (C=O) groups is 1. The van der Waals surface area contributed by atoms with Crippen LogP contribution in [-0.2, 0) is 11.3 Å². The Balaban J connectivity index is 1.89. The number of anilines is 2. The summed E-state index contributed by atoms with van der Waals surface area (Å²) >= 11 is 3.15. The van der Waals surface area contributed by atoms with E-state index in [1.807, 2.05) is 0 Å². The minimum atomic E-state index is -2.82. The molecule has 1 atom stereocenters. The molecule has 0 spiro atoms. The van der Waals surface area contributed by atoms with Crippen molar-refractivity contribution in [1.82, 2.24) is 24.7 Å². The molecule has 2 N–H and O–H groups in total. The predicted molar refractivity (Wildman–Crippen MR) is 120 cm³/mol. The lowest BCUT2D eigenvalue weighted by Gasteiger charge is -2.23. The highest BCUT2D eigenvalue weighted by molar-refractivity contribution is 7.81. The molecule has 3 aromatic heterocycles. The summed E-state index contributed by atoms with van der Waals surface area (Å²) in [7, 11) is 2.70. The van der Waals surface area contributed by atoms with Crippen LogP contribution in [-0.4, -0.2) is 48.2 Å². The van der Waals surface area contributed by atoms with Crippen molar-refractivity contribution in [2.24, 2.45) is 0 Å². The average Bonchev–Trinajstić information content (AvgIpc) is 3.23. The monoisotopic (exact) mass is 508 g/mol. The number of pyridine rings is 1. The van der Waals surface area contributed by atoms with E-state index in [1.165, 1.54) is 49.5 Å². The number of amides is 1. The van der Waals surface area contributed by atoms with Gasteiger partial charge < -0.3 is 14.5 Å². The van der Waals surface area contributed by atoms with Crippen molar-refractivity contribution in [3.05, 3.63) is 65.5 Å². The third-order valence-electron chi connectivity index (χ3n) is 4.77. The molecule has 14 heteroatoms. The number of aromatic nitrogens is 4. The Hall–Kier alpha value is -3.68. The molecular weight excluding hydrogens is 494 g/mol. The third kappa shape index (κ3) is 4.04. The van der Waals surface area contributed by atoms with Gasteiger partial charge in [-0.3, -0.25) is 14.3 Å². The SMILES string of the molecule is CNC(=O)c1ncn2cc(-c3c(F)ccc(N(c4cc(Cl)cnc4OC)S(=O)O)c3F)ncc12. The highest BCUT2D eigenvalue weighted by Crippen LogP contribution is 2.39. The van der Waals surface area contributed by atoms with Gasteiger partial charge in [0, 0.05) is 19.4 Å². The number of ether oxygens (including phenoxy) is 1. The number of rotatable bonds is 6. The number of benzene rings is 1. The van der Waals surface area contributed by atoms with E-state index in [9.17, 15) is 17.9 Å². The molecule has 0 fully saturated rings. The summed E-state index contributed by atoms with van der Waals surface area (Å²) in [5.74, 6) is -2.72. The first-order valence-corrected chi connectivity index (χ1v) is 10.8. The van der Waals surface area contributed by atoms with Crippen LogP contribution in [0.2, 0.25) is 5.02 Å². The van der Waals surface area contributed by atoms with Gasteiger partial charge in [-0.15, -0.1) is 0 Å². The first-order chi connectivity index (χ1) is 16.3. The molecule has 1 unspecified atom stereocenters. The number of carbonyl (C=O) groups excluding carboxylic acids is 1. The van der Waals surface area contributed by atoms with E-state index in [2.05, 4.69) is 20.3 Å². The molecule has 0 aliphatic rings. The quantitative estimate of drug-likeness (QED) is 0.383. The van der Waals surface area contributed by atoms with Crippen molar-refractivity contribution in [1.29, 1.82) is 0 Å². The van der Waals surface area contributed by atoms with Crippen LogP contribution in [0.25, 0.3) is 16.8 Å². The predicted octanol–water partition coefficient (Wildman–Crippen LogP) is 3.37. The second-order valence-electron chi connectivity index (χ2n) is 6.70. The molecule has 176 valence electrons. The van der Waals surface area contributed by atoms with E-state index in [4.69, 9.17) is 16.3 Å². The van der Waals surface area contributed by atoms with Gasteiger partial charge in [0.1, 0.15) is 17.8 Å². The van der Waals surface area contributed by atoms with Gasteiger partial charge in [0.15, 0.2) is 11.5 Å². The molecule has 0 aliphatic heterocycles. The maximum Gasteiger partial charge on any atom is 0.271 e. The summed E-state index contributed by atoms with van der Waals surface area (Å²) < 4.78 is 59.8. The maximum absolute atomic E-state index is 15.7. The Morgan fingerprint density at radius 1 is 1.24 bits per heavy atom. The van der Waals surface area contributed by atoms with Crippen LogP contribution in [0.15, 0.2) is 43.1 Å². The molecule has 3 heterocycles. The molecule has 0 saturated heterocycles. The number of methoxy groups -OCH3 is 1. The maximum atomic E-state index is 15.7. The van der Waals surface area contributed by atoms with Crippen LogP contribution in [0.3, 0.4) is 0 Å². The minimum Gasteiger partial charge on any atom is -0.479 e. The Morgan fingerprint density at radius 2 is 2.00 bits per heavy atom. The van der Waals surface area contributed by atoms with Gasteiger partial charge in [0.05, 0.1) is 40.8 Å². The molecule has 1 amide bonds. The number of hydrogen-bond donors (Lipinski definition) is 2. The van der Waals surface area contributed by atoms with Gasteiger partial charge >= 0.3 is 0 Å². The summed E-state index contributed by atoms with van der Waals surface area (Å²) in [6.07, 6.45) is 5.06. The Bertz CT molecular complexity index is 1450. The lowest BCUT2D eigenvalue weighted by Crippen LogP contribution is -2.22. The molecule has 10 nitrogen and oxygen atoms in total. The molecule has 4 rings (SSSR count). The smallest absolute Gasteiger partial charge is 0.271 e. The standard InChI is InChI=1S/C20H15ClF2N6O4S/c1-24-19(30)18-15-7-25-12(8-28(15)9-27-18)16-11(22)3-4-13(17(16)23)29(34(31)32)14-5-10(21)6-26-20(14)33-2/h3-9H,1-2H3,(H,24,30)(H,31,32). The number of halogens is 3.